The Morgan fingerprint density at radius 3 is 2.54 bits per heavy atom. The normalized spacial score (nSPS) is 15.1. The third-order valence-electron chi connectivity index (χ3n) is 6.27. The summed E-state index contributed by atoms with van der Waals surface area (Å²) in [6.07, 6.45) is 0. The zero-order valence-corrected chi connectivity index (χ0v) is 26.1. The van der Waals surface area contributed by atoms with Crippen LogP contribution in [0.5, 0.6) is 11.5 Å². The van der Waals surface area contributed by atoms with Crippen LogP contribution in [-0.4, -0.2) is 46.2 Å². The number of aryl methyl sites for hydroxylation is 2. The maximum atomic E-state index is 13.9. The second-order valence-electron chi connectivity index (χ2n) is 8.80. The van der Waals surface area contributed by atoms with Gasteiger partial charge in [-0.15, -0.1) is 21.5 Å². The Morgan fingerprint density at radius 1 is 1.10 bits per heavy atom. The highest BCUT2D eigenvalue weighted by Gasteiger charge is 2.47. The van der Waals surface area contributed by atoms with E-state index >= 15 is 0 Å². The zero-order chi connectivity index (χ0) is 29.4. The third kappa shape index (κ3) is 5.67. The fourth-order valence-corrected chi connectivity index (χ4v) is 7.67. The van der Waals surface area contributed by atoms with E-state index in [0.29, 0.717) is 52.8 Å². The first-order chi connectivity index (χ1) is 19.6. The quantitative estimate of drug-likeness (QED) is 0.116. The lowest BCUT2D eigenvalue weighted by atomic mass is 9.94. The fraction of sp³-hybridized carbons (Fsp3) is 0.222. The van der Waals surface area contributed by atoms with Crippen LogP contribution in [-0.2, 0) is 10.5 Å². The van der Waals surface area contributed by atoms with Crippen LogP contribution in [0.15, 0.2) is 52.1 Å². The lowest BCUT2D eigenvalue weighted by Gasteiger charge is -2.25. The highest BCUT2D eigenvalue weighted by atomic mass is 35.5. The lowest BCUT2D eigenvalue weighted by molar-refractivity contribution is -0.117. The van der Waals surface area contributed by atoms with Gasteiger partial charge in [-0.25, -0.2) is 4.98 Å². The van der Waals surface area contributed by atoms with Gasteiger partial charge >= 0.3 is 0 Å². The Labute approximate surface area is 257 Å². The van der Waals surface area contributed by atoms with Crippen molar-refractivity contribution < 1.29 is 24.2 Å². The molecule has 1 N–H and O–H groups in total. The first-order valence-electron chi connectivity index (χ1n) is 12.0. The van der Waals surface area contributed by atoms with Crippen LogP contribution >= 0.6 is 57.6 Å². The molecule has 0 fully saturated rings. The SMILES string of the molecule is COc1ccc(C2C(C(=O)c3sc(C)nc3C)=C(O)C(=O)N2c2nnc(SCc3ccc(Cl)cc3Cl)s2)c(OC)c1. The number of carbonyl (C=O) groups excluding carboxylic acids is 2. The summed E-state index contributed by atoms with van der Waals surface area (Å²) in [6, 6.07) is 9.24. The van der Waals surface area contributed by atoms with Gasteiger partial charge in [0.2, 0.25) is 10.9 Å². The van der Waals surface area contributed by atoms with Crippen LogP contribution in [0.4, 0.5) is 5.13 Å². The van der Waals surface area contributed by atoms with Gasteiger partial charge in [0.15, 0.2) is 10.1 Å². The Morgan fingerprint density at radius 2 is 1.88 bits per heavy atom. The van der Waals surface area contributed by atoms with Crippen molar-refractivity contribution in [1.29, 1.82) is 0 Å². The van der Waals surface area contributed by atoms with Crippen molar-refractivity contribution in [2.45, 2.75) is 30.0 Å². The maximum Gasteiger partial charge on any atom is 0.296 e. The number of ether oxygens (including phenoxy) is 2. The number of thioether (sulfide) groups is 1. The van der Waals surface area contributed by atoms with E-state index in [1.54, 1.807) is 44.2 Å². The monoisotopic (exact) mass is 648 g/mol. The van der Waals surface area contributed by atoms with Crippen LogP contribution in [0, 0.1) is 13.8 Å². The van der Waals surface area contributed by atoms with E-state index in [4.69, 9.17) is 32.7 Å². The number of anilines is 1. The number of aliphatic hydroxyl groups is 1. The molecule has 41 heavy (non-hydrogen) atoms. The topological polar surface area (TPSA) is 115 Å². The predicted molar refractivity (Wildman–Crippen MR) is 161 cm³/mol. The number of thiazole rings is 1. The summed E-state index contributed by atoms with van der Waals surface area (Å²) in [6.45, 7) is 3.50. The minimum Gasteiger partial charge on any atom is -0.503 e. The van der Waals surface area contributed by atoms with Gasteiger partial charge in [-0.3, -0.25) is 14.5 Å². The Balaban J connectivity index is 1.55. The second kappa shape index (κ2) is 12.0. The summed E-state index contributed by atoms with van der Waals surface area (Å²) in [5.41, 5.74) is 1.74. The van der Waals surface area contributed by atoms with Crippen molar-refractivity contribution >= 4 is 74.5 Å². The summed E-state index contributed by atoms with van der Waals surface area (Å²) in [7, 11) is 3.00. The molecule has 2 aromatic carbocycles. The molecule has 1 amide bonds. The molecule has 0 saturated carbocycles. The summed E-state index contributed by atoms with van der Waals surface area (Å²) in [4.78, 5) is 33.5. The molecular weight excluding hydrogens is 627 g/mol. The second-order valence-corrected chi connectivity index (χ2v) is 13.0. The smallest absolute Gasteiger partial charge is 0.296 e. The number of rotatable bonds is 9. The van der Waals surface area contributed by atoms with Gasteiger partial charge in [0.25, 0.3) is 5.91 Å². The van der Waals surface area contributed by atoms with Crippen LogP contribution in [0.1, 0.15) is 37.5 Å². The van der Waals surface area contributed by atoms with E-state index in [1.807, 2.05) is 6.07 Å². The molecule has 212 valence electrons. The van der Waals surface area contributed by atoms with Crippen molar-refractivity contribution in [3.05, 3.63) is 84.5 Å². The van der Waals surface area contributed by atoms with Crippen LogP contribution in [0.3, 0.4) is 0 Å². The van der Waals surface area contributed by atoms with Crippen LogP contribution in [0.25, 0.3) is 0 Å². The predicted octanol–water partition coefficient (Wildman–Crippen LogP) is 7.01. The van der Waals surface area contributed by atoms with Gasteiger partial charge < -0.3 is 14.6 Å². The number of methoxy groups -OCH3 is 2. The summed E-state index contributed by atoms with van der Waals surface area (Å²) < 4.78 is 11.5. The minimum atomic E-state index is -1.05. The number of aliphatic hydroxyl groups excluding tert-OH is 1. The number of aromatic nitrogens is 3. The molecule has 5 rings (SSSR count). The number of benzene rings is 2. The first-order valence-corrected chi connectivity index (χ1v) is 15.4. The van der Waals surface area contributed by atoms with Crippen molar-refractivity contribution in [3.63, 3.8) is 0 Å². The molecule has 2 aromatic heterocycles. The van der Waals surface area contributed by atoms with Crippen molar-refractivity contribution in [3.8, 4) is 11.5 Å². The van der Waals surface area contributed by atoms with E-state index in [9.17, 15) is 14.7 Å². The van der Waals surface area contributed by atoms with E-state index in [2.05, 4.69) is 15.2 Å². The number of Topliss-reactive ketones (excluding diaryl/α,β-unsaturated/α-hetero) is 1. The average Bonchev–Trinajstić information content (AvgIpc) is 3.62. The number of ketones is 1. The van der Waals surface area contributed by atoms with E-state index in [0.717, 1.165) is 16.9 Å². The number of amides is 1. The Bertz CT molecular complexity index is 1700. The van der Waals surface area contributed by atoms with Gasteiger partial charge in [0.05, 0.1) is 35.4 Å². The minimum absolute atomic E-state index is 0.0948. The molecule has 4 aromatic rings. The highest BCUT2D eigenvalue weighted by Crippen LogP contribution is 2.47. The van der Waals surface area contributed by atoms with Crippen LogP contribution in [0.2, 0.25) is 10.0 Å². The summed E-state index contributed by atoms with van der Waals surface area (Å²) >= 11 is 16.1. The summed E-state index contributed by atoms with van der Waals surface area (Å²) in [5.74, 6) is -0.566. The van der Waals surface area contributed by atoms with Gasteiger partial charge in [0, 0.05) is 27.4 Å². The van der Waals surface area contributed by atoms with Crippen molar-refractivity contribution in [1.82, 2.24) is 15.2 Å². The van der Waals surface area contributed by atoms with Crippen molar-refractivity contribution in [2.24, 2.45) is 0 Å². The van der Waals surface area contributed by atoms with E-state index < -0.39 is 23.5 Å². The highest BCUT2D eigenvalue weighted by molar-refractivity contribution is 8.00. The zero-order valence-electron chi connectivity index (χ0n) is 22.1. The lowest BCUT2D eigenvalue weighted by Crippen LogP contribution is -2.31. The molecule has 9 nitrogen and oxygen atoms in total. The van der Waals surface area contributed by atoms with Gasteiger partial charge in [-0.05, 0) is 43.7 Å². The standard InChI is InChI=1S/C27H22Cl2N4O5S3/c1-12-24(40-13(2)30-12)22(34)20-21(17-8-7-16(37-3)10-19(17)38-4)33(25(36)23(20)35)26-31-32-27(41-26)39-11-14-5-6-15(28)9-18(14)29/h5-10,21,35H,11H2,1-4H3. The number of carbonyl (C=O) groups is 2. The maximum absolute atomic E-state index is 13.9. The van der Waals surface area contributed by atoms with Gasteiger partial charge in [-0.1, -0.05) is 52.4 Å². The molecule has 0 bridgehead atoms. The Hall–Kier alpha value is -3.16. The third-order valence-corrected chi connectivity index (χ3v) is 10.0. The molecule has 3 heterocycles. The number of hydrogen-bond donors (Lipinski definition) is 1. The van der Waals surface area contributed by atoms with Gasteiger partial charge in [0.1, 0.15) is 17.5 Å². The fourth-order valence-electron chi connectivity index (χ4n) is 4.37. The molecule has 0 aliphatic carbocycles. The first kappa shape index (κ1) is 29.3. The number of hydrogen-bond acceptors (Lipinski definition) is 11. The van der Waals surface area contributed by atoms with E-state index in [-0.39, 0.29) is 10.7 Å². The molecule has 1 atom stereocenters. The molecule has 0 spiro atoms. The molecule has 0 radical (unpaired) electrons. The number of halogens is 2. The van der Waals surface area contributed by atoms with E-state index in [1.165, 1.54) is 42.2 Å². The Kier molecular flexibility index (Phi) is 8.57. The number of nitrogens with zero attached hydrogens (tertiary/aromatic N) is 4. The summed E-state index contributed by atoms with van der Waals surface area (Å²) in [5, 5.41) is 21.6. The molecule has 14 heteroatoms. The van der Waals surface area contributed by atoms with Crippen molar-refractivity contribution in [2.75, 3.05) is 19.1 Å². The largest absolute Gasteiger partial charge is 0.503 e. The average molecular weight is 650 g/mol. The molecule has 1 aliphatic heterocycles. The molecule has 1 unspecified atom stereocenters. The molecule has 1 aliphatic rings. The molecular formula is C27H22Cl2N4O5S3. The molecule has 0 saturated heterocycles. The van der Waals surface area contributed by atoms with Crippen LogP contribution < -0.4 is 14.4 Å². The van der Waals surface area contributed by atoms with Gasteiger partial charge in [-0.2, -0.15) is 0 Å².